The van der Waals surface area contributed by atoms with Gasteiger partial charge in [0.05, 0.1) is 25.7 Å². The normalized spacial score (nSPS) is 18.1. The molecule has 106 valence electrons. The smallest absolute Gasteiger partial charge is 0.233 e. The van der Waals surface area contributed by atoms with Crippen molar-refractivity contribution in [3.05, 3.63) is 47.6 Å². The monoisotopic (exact) mass is 273 g/mol. The van der Waals surface area contributed by atoms with Crippen molar-refractivity contribution in [3.8, 4) is 0 Å². The van der Waals surface area contributed by atoms with Gasteiger partial charge < -0.3 is 9.26 Å². The molecule has 1 saturated heterocycles. The maximum Gasteiger partial charge on any atom is 0.233 e. The maximum absolute atomic E-state index is 5.40. The van der Waals surface area contributed by atoms with E-state index in [0.29, 0.717) is 5.89 Å². The Kier molecular flexibility index (Phi) is 4.08. The van der Waals surface area contributed by atoms with Crippen LogP contribution in [0.5, 0.6) is 0 Å². The Labute approximate surface area is 118 Å². The molecule has 1 aromatic heterocycles. The first-order valence-electron chi connectivity index (χ1n) is 7.00. The third-order valence-electron chi connectivity index (χ3n) is 3.62. The molecule has 0 N–H and O–H groups in total. The number of hydrogen-bond donors (Lipinski definition) is 0. The number of ether oxygens (including phenoxy) is 1. The molecule has 0 saturated carbocycles. The van der Waals surface area contributed by atoms with Crippen LogP contribution in [0.25, 0.3) is 0 Å². The Morgan fingerprint density at radius 3 is 2.70 bits per heavy atom. The van der Waals surface area contributed by atoms with Crippen LogP contribution < -0.4 is 0 Å². The SMILES string of the molecule is CC(c1ccccc1)c1nc(CN2CCOCC2)no1. The Bertz CT molecular complexity index is 535. The second kappa shape index (κ2) is 6.15. The zero-order valence-electron chi connectivity index (χ0n) is 11.7. The van der Waals surface area contributed by atoms with Crippen molar-refractivity contribution >= 4 is 0 Å². The summed E-state index contributed by atoms with van der Waals surface area (Å²) in [6.45, 7) is 6.24. The minimum atomic E-state index is 0.127. The largest absolute Gasteiger partial charge is 0.379 e. The molecule has 1 atom stereocenters. The van der Waals surface area contributed by atoms with Gasteiger partial charge in [0.2, 0.25) is 5.89 Å². The van der Waals surface area contributed by atoms with Crippen LogP contribution >= 0.6 is 0 Å². The van der Waals surface area contributed by atoms with Crippen molar-refractivity contribution in [2.75, 3.05) is 26.3 Å². The fraction of sp³-hybridized carbons (Fsp3) is 0.467. The molecular weight excluding hydrogens is 254 g/mol. The van der Waals surface area contributed by atoms with Gasteiger partial charge in [-0.1, -0.05) is 35.5 Å². The predicted molar refractivity (Wildman–Crippen MR) is 74.4 cm³/mol. The molecule has 1 aliphatic rings. The molecule has 0 aliphatic carbocycles. The van der Waals surface area contributed by atoms with Gasteiger partial charge in [0, 0.05) is 13.1 Å². The van der Waals surface area contributed by atoms with E-state index in [1.54, 1.807) is 0 Å². The van der Waals surface area contributed by atoms with Crippen LogP contribution in [0.15, 0.2) is 34.9 Å². The van der Waals surface area contributed by atoms with E-state index in [1.165, 1.54) is 5.56 Å². The third kappa shape index (κ3) is 3.05. The second-order valence-corrected chi connectivity index (χ2v) is 5.07. The average molecular weight is 273 g/mol. The van der Waals surface area contributed by atoms with E-state index in [0.717, 1.165) is 38.7 Å². The molecule has 0 radical (unpaired) electrons. The molecule has 1 unspecified atom stereocenters. The Morgan fingerprint density at radius 2 is 1.95 bits per heavy atom. The summed E-state index contributed by atoms with van der Waals surface area (Å²) in [6, 6.07) is 10.2. The molecule has 0 spiro atoms. The van der Waals surface area contributed by atoms with Crippen molar-refractivity contribution < 1.29 is 9.26 Å². The lowest BCUT2D eigenvalue weighted by atomic mass is 10.0. The quantitative estimate of drug-likeness (QED) is 0.853. The van der Waals surface area contributed by atoms with Crippen LogP contribution in [0, 0.1) is 0 Å². The van der Waals surface area contributed by atoms with Crippen molar-refractivity contribution in [3.63, 3.8) is 0 Å². The van der Waals surface area contributed by atoms with Crippen molar-refractivity contribution in [2.45, 2.75) is 19.4 Å². The number of aromatic nitrogens is 2. The molecule has 5 nitrogen and oxygen atoms in total. The first-order valence-corrected chi connectivity index (χ1v) is 7.00. The maximum atomic E-state index is 5.40. The van der Waals surface area contributed by atoms with Crippen LogP contribution in [-0.4, -0.2) is 41.3 Å². The summed E-state index contributed by atoms with van der Waals surface area (Å²) in [5.41, 5.74) is 1.19. The molecule has 0 bridgehead atoms. The fourth-order valence-corrected chi connectivity index (χ4v) is 2.35. The summed E-state index contributed by atoms with van der Waals surface area (Å²) in [4.78, 5) is 6.80. The lowest BCUT2D eigenvalue weighted by Crippen LogP contribution is -2.35. The van der Waals surface area contributed by atoms with Gasteiger partial charge in [-0.15, -0.1) is 0 Å². The number of hydrogen-bond acceptors (Lipinski definition) is 5. The van der Waals surface area contributed by atoms with E-state index in [9.17, 15) is 0 Å². The van der Waals surface area contributed by atoms with Gasteiger partial charge in [-0.25, -0.2) is 0 Å². The standard InChI is InChI=1S/C15H19N3O2/c1-12(13-5-3-2-4-6-13)15-16-14(17-20-15)11-18-7-9-19-10-8-18/h2-6,12H,7-11H2,1H3. The van der Waals surface area contributed by atoms with Gasteiger partial charge in [-0.2, -0.15) is 4.98 Å². The van der Waals surface area contributed by atoms with E-state index >= 15 is 0 Å². The third-order valence-corrected chi connectivity index (χ3v) is 3.62. The van der Waals surface area contributed by atoms with Crippen molar-refractivity contribution in [1.82, 2.24) is 15.0 Å². The number of rotatable bonds is 4. The van der Waals surface area contributed by atoms with Crippen LogP contribution in [0.4, 0.5) is 0 Å². The van der Waals surface area contributed by atoms with E-state index < -0.39 is 0 Å². The number of morpholine rings is 1. The summed E-state index contributed by atoms with van der Waals surface area (Å²) in [7, 11) is 0. The highest BCUT2D eigenvalue weighted by molar-refractivity contribution is 5.23. The molecule has 0 amide bonds. The van der Waals surface area contributed by atoms with Crippen LogP contribution in [0.3, 0.4) is 0 Å². The molecule has 1 aromatic carbocycles. The molecule has 1 fully saturated rings. The minimum Gasteiger partial charge on any atom is -0.379 e. The lowest BCUT2D eigenvalue weighted by molar-refractivity contribution is 0.0327. The van der Waals surface area contributed by atoms with E-state index in [4.69, 9.17) is 9.26 Å². The molecule has 2 aromatic rings. The highest BCUT2D eigenvalue weighted by atomic mass is 16.5. The lowest BCUT2D eigenvalue weighted by Gasteiger charge is -2.24. The minimum absolute atomic E-state index is 0.127. The second-order valence-electron chi connectivity index (χ2n) is 5.07. The predicted octanol–water partition coefficient (Wildman–Crippen LogP) is 2.05. The summed E-state index contributed by atoms with van der Waals surface area (Å²) >= 11 is 0. The first-order chi connectivity index (χ1) is 9.83. The molecule has 5 heteroatoms. The average Bonchev–Trinajstić information content (AvgIpc) is 2.97. The van der Waals surface area contributed by atoms with Crippen LogP contribution in [-0.2, 0) is 11.3 Å². The number of nitrogens with zero attached hydrogens (tertiary/aromatic N) is 3. The highest BCUT2D eigenvalue weighted by Gasteiger charge is 2.18. The molecule has 3 rings (SSSR count). The van der Waals surface area contributed by atoms with E-state index in [1.807, 2.05) is 18.2 Å². The van der Waals surface area contributed by atoms with Crippen molar-refractivity contribution in [1.29, 1.82) is 0 Å². The van der Waals surface area contributed by atoms with Gasteiger partial charge in [0.25, 0.3) is 0 Å². The summed E-state index contributed by atoms with van der Waals surface area (Å²) in [6.07, 6.45) is 0. The summed E-state index contributed by atoms with van der Waals surface area (Å²) in [5.74, 6) is 1.56. The number of benzene rings is 1. The zero-order valence-corrected chi connectivity index (χ0v) is 11.7. The van der Waals surface area contributed by atoms with Crippen molar-refractivity contribution in [2.24, 2.45) is 0 Å². The Morgan fingerprint density at radius 1 is 1.20 bits per heavy atom. The zero-order chi connectivity index (χ0) is 13.8. The van der Waals surface area contributed by atoms with Gasteiger partial charge in [-0.05, 0) is 12.5 Å². The first kappa shape index (κ1) is 13.3. The van der Waals surface area contributed by atoms with E-state index in [2.05, 4.69) is 34.1 Å². The van der Waals surface area contributed by atoms with Gasteiger partial charge >= 0.3 is 0 Å². The Hall–Kier alpha value is -1.72. The van der Waals surface area contributed by atoms with Gasteiger partial charge in [0.1, 0.15) is 0 Å². The molecule has 1 aliphatic heterocycles. The van der Waals surface area contributed by atoms with Crippen LogP contribution in [0.2, 0.25) is 0 Å². The van der Waals surface area contributed by atoms with Gasteiger partial charge in [0.15, 0.2) is 5.82 Å². The molecular formula is C15H19N3O2. The molecule has 20 heavy (non-hydrogen) atoms. The summed E-state index contributed by atoms with van der Waals surface area (Å²) < 4.78 is 10.7. The van der Waals surface area contributed by atoms with E-state index in [-0.39, 0.29) is 5.92 Å². The topological polar surface area (TPSA) is 51.4 Å². The van der Waals surface area contributed by atoms with Crippen LogP contribution in [0.1, 0.15) is 30.1 Å². The van der Waals surface area contributed by atoms with Gasteiger partial charge in [-0.3, -0.25) is 4.90 Å². The molecule has 2 heterocycles. The highest BCUT2D eigenvalue weighted by Crippen LogP contribution is 2.22. The Balaban J connectivity index is 1.67. The fourth-order valence-electron chi connectivity index (χ4n) is 2.35. The summed E-state index contributed by atoms with van der Waals surface area (Å²) in [5, 5.41) is 4.09.